The zero-order valence-corrected chi connectivity index (χ0v) is 7.71. The number of hydrogen-bond donors (Lipinski definition) is 2. The van der Waals surface area contributed by atoms with Crippen LogP contribution in [0.1, 0.15) is 44.9 Å². The molecule has 2 unspecified atom stereocenters. The number of rotatable bonds is 4. The van der Waals surface area contributed by atoms with E-state index in [1.165, 1.54) is 19.3 Å². The minimum Gasteiger partial charge on any atom is -0.396 e. The third-order valence-electron chi connectivity index (χ3n) is 2.85. The van der Waals surface area contributed by atoms with Gasteiger partial charge in [0.05, 0.1) is 6.10 Å². The molecule has 0 heterocycles. The first-order valence-electron chi connectivity index (χ1n) is 5.13. The van der Waals surface area contributed by atoms with E-state index in [9.17, 15) is 5.11 Å². The lowest BCUT2D eigenvalue weighted by atomic mass is 9.83. The Bertz CT molecular complexity index is 114. The molecule has 1 fully saturated rings. The van der Waals surface area contributed by atoms with Crippen molar-refractivity contribution >= 4 is 0 Å². The van der Waals surface area contributed by atoms with Gasteiger partial charge in [0.2, 0.25) is 0 Å². The van der Waals surface area contributed by atoms with E-state index in [-0.39, 0.29) is 6.10 Å². The molecular weight excluding hydrogens is 152 g/mol. The maximum Gasteiger partial charge on any atom is 0.0568 e. The summed E-state index contributed by atoms with van der Waals surface area (Å²) in [6, 6.07) is 0. The lowest BCUT2D eigenvalue weighted by Crippen LogP contribution is -2.24. The molecule has 2 nitrogen and oxygen atoms in total. The highest BCUT2D eigenvalue weighted by Gasteiger charge is 2.21. The van der Waals surface area contributed by atoms with Crippen molar-refractivity contribution < 1.29 is 10.2 Å². The molecule has 0 amide bonds. The van der Waals surface area contributed by atoms with Crippen LogP contribution in [0.5, 0.6) is 0 Å². The Hall–Kier alpha value is -0.0800. The Labute approximate surface area is 74.6 Å². The summed E-state index contributed by atoms with van der Waals surface area (Å²) in [7, 11) is 0. The van der Waals surface area contributed by atoms with Gasteiger partial charge in [0.15, 0.2) is 0 Å². The Morgan fingerprint density at radius 3 is 2.50 bits per heavy atom. The summed E-state index contributed by atoms with van der Waals surface area (Å²) in [6.07, 6.45) is 7.65. The molecule has 1 saturated carbocycles. The van der Waals surface area contributed by atoms with Crippen LogP contribution < -0.4 is 0 Å². The fourth-order valence-electron chi connectivity index (χ4n) is 2.04. The summed E-state index contributed by atoms with van der Waals surface area (Å²) in [5.74, 6) is 0.519. The van der Waals surface area contributed by atoms with Gasteiger partial charge in [-0.25, -0.2) is 0 Å². The summed E-state index contributed by atoms with van der Waals surface area (Å²) in [5.41, 5.74) is 0. The van der Waals surface area contributed by atoms with Crippen LogP contribution in [-0.4, -0.2) is 22.9 Å². The number of aliphatic hydroxyl groups excluding tert-OH is 2. The van der Waals surface area contributed by atoms with Crippen molar-refractivity contribution in [2.24, 2.45) is 5.92 Å². The van der Waals surface area contributed by atoms with Gasteiger partial charge in [0.25, 0.3) is 0 Å². The average molecular weight is 172 g/mol. The Morgan fingerprint density at radius 1 is 1.08 bits per heavy atom. The zero-order valence-electron chi connectivity index (χ0n) is 7.71. The lowest BCUT2D eigenvalue weighted by molar-refractivity contribution is 0.0632. The van der Waals surface area contributed by atoms with Crippen molar-refractivity contribution in [3.63, 3.8) is 0 Å². The average Bonchev–Trinajstić information content (AvgIpc) is 2.09. The highest BCUT2D eigenvalue weighted by atomic mass is 16.3. The first kappa shape index (κ1) is 10.0. The third-order valence-corrected chi connectivity index (χ3v) is 2.85. The van der Waals surface area contributed by atoms with E-state index in [1.54, 1.807) is 0 Å². The molecule has 2 atom stereocenters. The minimum atomic E-state index is -0.0579. The van der Waals surface area contributed by atoms with Crippen molar-refractivity contribution in [1.82, 2.24) is 0 Å². The second-order valence-corrected chi connectivity index (χ2v) is 3.83. The van der Waals surface area contributed by atoms with Crippen LogP contribution in [0, 0.1) is 5.92 Å². The highest BCUT2D eigenvalue weighted by molar-refractivity contribution is 4.74. The van der Waals surface area contributed by atoms with Crippen LogP contribution in [0.2, 0.25) is 0 Å². The minimum absolute atomic E-state index is 0.0579. The largest absolute Gasteiger partial charge is 0.396 e. The van der Waals surface area contributed by atoms with Gasteiger partial charge in [-0.2, -0.15) is 0 Å². The van der Waals surface area contributed by atoms with E-state index in [1.807, 2.05) is 0 Å². The van der Waals surface area contributed by atoms with Crippen LogP contribution in [0.25, 0.3) is 0 Å². The standard InChI is InChI=1S/C10H20O2/c11-8-4-3-6-9-5-1-2-7-10(9)12/h9-12H,1-8H2. The van der Waals surface area contributed by atoms with Crippen molar-refractivity contribution in [2.45, 2.75) is 51.0 Å². The second-order valence-electron chi connectivity index (χ2n) is 3.83. The van der Waals surface area contributed by atoms with Crippen LogP contribution >= 0.6 is 0 Å². The van der Waals surface area contributed by atoms with Crippen LogP contribution in [0.15, 0.2) is 0 Å². The first-order chi connectivity index (χ1) is 5.84. The Morgan fingerprint density at radius 2 is 1.83 bits per heavy atom. The summed E-state index contributed by atoms with van der Waals surface area (Å²) in [4.78, 5) is 0. The van der Waals surface area contributed by atoms with E-state index < -0.39 is 0 Å². The second kappa shape index (κ2) is 5.55. The fourth-order valence-corrected chi connectivity index (χ4v) is 2.04. The normalized spacial score (nSPS) is 30.5. The van der Waals surface area contributed by atoms with Crippen LogP contribution in [-0.2, 0) is 0 Å². The molecular formula is C10H20O2. The summed E-state index contributed by atoms with van der Waals surface area (Å²) < 4.78 is 0. The molecule has 0 spiro atoms. The molecule has 0 radical (unpaired) electrons. The molecule has 1 rings (SSSR count). The summed E-state index contributed by atoms with van der Waals surface area (Å²) >= 11 is 0. The SMILES string of the molecule is OCCCCC1CCCCC1O. The summed E-state index contributed by atoms with van der Waals surface area (Å²) in [5, 5.41) is 18.2. The third kappa shape index (κ3) is 3.11. The molecule has 12 heavy (non-hydrogen) atoms. The van der Waals surface area contributed by atoms with E-state index >= 15 is 0 Å². The first-order valence-corrected chi connectivity index (χ1v) is 5.13. The Balaban J connectivity index is 2.11. The molecule has 2 N–H and O–H groups in total. The maximum absolute atomic E-state index is 9.61. The topological polar surface area (TPSA) is 40.5 Å². The molecule has 0 aromatic carbocycles. The predicted octanol–water partition coefficient (Wildman–Crippen LogP) is 1.70. The van der Waals surface area contributed by atoms with E-state index in [0.717, 1.165) is 25.7 Å². The number of unbranched alkanes of at least 4 members (excludes halogenated alkanes) is 1. The highest BCUT2D eigenvalue weighted by Crippen LogP contribution is 2.28. The predicted molar refractivity (Wildman–Crippen MR) is 48.9 cm³/mol. The van der Waals surface area contributed by atoms with Crippen molar-refractivity contribution in [3.05, 3.63) is 0 Å². The molecule has 2 heteroatoms. The lowest BCUT2D eigenvalue weighted by Gasteiger charge is -2.27. The molecule has 0 saturated heterocycles. The van der Waals surface area contributed by atoms with Gasteiger partial charge in [-0.1, -0.05) is 19.3 Å². The number of hydrogen-bond acceptors (Lipinski definition) is 2. The molecule has 0 aliphatic heterocycles. The van der Waals surface area contributed by atoms with Gasteiger partial charge in [-0.3, -0.25) is 0 Å². The van der Waals surface area contributed by atoms with Crippen molar-refractivity contribution in [2.75, 3.05) is 6.61 Å². The smallest absolute Gasteiger partial charge is 0.0568 e. The van der Waals surface area contributed by atoms with E-state index in [4.69, 9.17) is 5.11 Å². The molecule has 72 valence electrons. The van der Waals surface area contributed by atoms with Crippen LogP contribution in [0.4, 0.5) is 0 Å². The Kier molecular flexibility index (Phi) is 4.62. The van der Waals surface area contributed by atoms with Gasteiger partial charge >= 0.3 is 0 Å². The molecule has 1 aliphatic rings. The quantitative estimate of drug-likeness (QED) is 0.634. The van der Waals surface area contributed by atoms with Gasteiger partial charge in [0, 0.05) is 6.61 Å². The monoisotopic (exact) mass is 172 g/mol. The molecule has 0 aromatic rings. The van der Waals surface area contributed by atoms with Gasteiger partial charge in [-0.15, -0.1) is 0 Å². The molecule has 0 aromatic heterocycles. The zero-order chi connectivity index (χ0) is 8.81. The van der Waals surface area contributed by atoms with Gasteiger partial charge < -0.3 is 10.2 Å². The van der Waals surface area contributed by atoms with Crippen LogP contribution in [0.3, 0.4) is 0 Å². The van der Waals surface area contributed by atoms with Crippen molar-refractivity contribution in [1.29, 1.82) is 0 Å². The van der Waals surface area contributed by atoms with E-state index in [0.29, 0.717) is 12.5 Å². The van der Waals surface area contributed by atoms with E-state index in [2.05, 4.69) is 0 Å². The maximum atomic E-state index is 9.61. The number of aliphatic hydroxyl groups is 2. The van der Waals surface area contributed by atoms with Crippen molar-refractivity contribution in [3.8, 4) is 0 Å². The molecule has 0 bridgehead atoms. The molecule has 1 aliphatic carbocycles. The summed E-state index contributed by atoms with van der Waals surface area (Å²) in [6.45, 7) is 0.294. The fraction of sp³-hybridized carbons (Fsp3) is 1.00. The van der Waals surface area contributed by atoms with Gasteiger partial charge in [-0.05, 0) is 31.6 Å². The van der Waals surface area contributed by atoms with Gasteiger partial charge in [0.1, 0.15) is 0 Å².